The molecule has 2 N–H and O–H groups in total. The van der Waals surface area contributed by atoms with Crippen molar-refractivity contribution >= 4 is 40.7 Å². The minimum atomic E-state index is -5.14. The summed E-state index contributed by atoms with van der Waals surface area (Å²) in [4.78, 5) is 58.7. The summed E-state index contributed by atoms with van der Waals surface area (Å²) in [6.07, 6.45) is -2.07. The highest BCUT2D eigenvalue weighted by Gasteiger charge is 2.31. The van der Waals surface area contributed by atoms with E-state index in [1.165, 1.54) is 6.07 Å². The number of aromatic nitrogens is 5. The van der Waals surface area contributed by atoms with Gasteiger partial charge in [0.1, 0.15) is 12.2 Å². The lowest BCUT2D eigenvalue weighted by atomic mass is 10.1. The first kappa shape index (κ1) is 27.4. The summed E-state index contributed by atoms with van der Waals surface area (Å²) < 4.78 is 57.7. The fourth-order valence-electron chi connectivity index (χ4n) is 4.56. The zero-order chi connectivity index (χ0) is 29.8. The second-order valence-electron chi connectivity index (χ2n) is 9.15. The summed E-state index contributed by atoms with van der Waals surface area (Å²) in [6, 6.07) is 16.3. The van der Waals surface area contributed by atoms with Crippen molar-refractivity contribution in [3.05, 3.63) is 106 Å². The number of halogens is 3. The van der Waals surface area contributed by atoms with Crippen molar-refractivity contribution in [2.45, 2.75) is 12.9 Å². The van der Waals surface area contributed by atoms with E-state index in [4.69, 9.17) is 9.79 Å². The second-order valence-corrected chi connectivity index (χ2v) is 10.4. The van der Waals surface area contributed by atoms with E-state index >= 15 is 0 Å². The van der Waals surface area contributed by atoms with Crippen molar-refractivity contribution in [1.29, 1.82) is 0 Å². The average molecular weight is 595 g/mol. The summed E-state index contributed by atoms with van der Waals surface area (Å²) in [6.45, 7) is -1.18. The summed E-state index contributed by atoms with van der Waals surface area (Å²) in [7, 11) is -5.14. The number of hydrogen-bond acceptors (Lipinski definition) is 7. The molecule has 2 aromatic carbocycles. The maximum atomic E-state index is 13.7. The molecule has 0 spiro atoms. The molecule has 0 aliphatic heterocycles. The first-order valence-electron chi connectivity index (χ1n) is 12.1. The third kappa shape index (κ3) is 4.97. The average Bonchev–Trinajstić information content (AvgIpc) is 2.95. The van der Waals surface area contributed by atoms with Gasteiger partial charge in [-0.15, -0.1) is 0 Å². The smallest absolute Gasteiger partial charge is 0.303 e. The molecule has 0 aliphatic carbocycles. The molecule has 212 valence electrons. The van der Waals surface area contributed by atoms with Crippen LogP contribution in [0.4, 0.5) is 13.2 Å². The van der Waals surface area contributed by atoms with Crippen LogP contribution in [0.15, 0.2) is 88.7 Å². The molecule has 6 aromatic rings. The standard InChI is InChI=1S/C27H17F3N5O6P/c28-27(29,30)17-5-3-6-18(11-17)35-24-19(25(36)34(26(35)37)14-41-42(38,39)40)13-32-22-9-8-21(33-23(22)24)16-10-15-4-1-2-7-20(15)31-12-16/h1-13H,14H2,(H2,38,39,40). The first-order chi connectivity index (χ1) is 19.9. The van der Waals surface area contributed by atoms with Crippen LogP contribution >= 0.6 is 7.82 Å². The van der Waals surface area contributed by atoms with E-state index in [1.54, 1.807) is 18.3 Å². The molecule has 11 nitrogen and oxygen atoms in total. The molecule has 0 saturated heterocycles. The molecule has 15 heteroatoms. The van der Waals surface area contributed by atoms with Crippen LogP contribution in [0, 0.1) is 0 Å². The number of pyridine rings is 3. The van der Waals surface area contributed by atoms with Crippen molar-refractivity contribution in [3.8, 4) is 16.9 Å². The normalized spacial score (nSPS) is 12.4. The van der Waals surface area contributed by atoms with E-state index in [0.29, 0.717) is 21.9 Å². The lowest BCUT2D eigenvalue weighted by Gasteiger charge is -2.17. The Balaban J connectivity index is 1.69. The predicted molar refractivity (Wildman–Crippen MR) is 146 cm³/mol. The van der Waals surface area contributed by atoms with Gasteiger partial charge in [0, 0.05) is 23.3 Å². The van der Waals surface area contributed by atoms with Gasteiger partial charge in [-0.1, -0.05) is 24.3 Å². The molecule has 0 radical (unpaired) electrons. The molecular formula is C27H17F3N5O6P. The van der Waals surface area contributed by atoms with Crippen molar-refractivity contribution in [3.63, 3.8) is 0 Å². The van der Waals surface area contributed by atoms with E-state index < -0.39 is 37.5 Å². The van der Waals surface area contributed by atoms with Crippen molar-refractivity contribution in [1.82, 2.24) is 24.1 Å². The van der Waals surface area contributed by atoms with Crippen molar-refractivity contribution in [2.24, 2.45) is 0 Å². The van der Waals surface area contributed by atoms with Crippen LogP contribution in [0.3, 0.4) is 0 Å². The van der Waals surface area contributed by atoms with Gasteiger partial charge in [-0.05, 0) is 42.5 Å². The Labute approximate surface area is 232 Å². The summed E-state index contributed by atoms with van der Waals surface area (Å²) in [5.41, 5.74) is -1.81. The van der Waals surface area contributed by atoms with E-state index in [9.17, 15) is 27.3 Å². The highest BCUT2D eigenvalue weighted by atomic mass is 31.2. The monoisotopic (exact) mass is 595 g/mol. The Kier molecular flexibility index (Phi) is 6.50. The number of phosphoric acid groups is 1. The minimum absolute atomic E-state index is 0.0211. The van der Waals surface area contributed by atoms with Crippen LogP contribution in [-0.4, -0.2) is 33.9 Å². The molecule has 0 bridgehead atoms. The molecular weight excluding hydrogens is 578 g/mol. The number of fused-ring (bicyclic) bond motifs is 4. The van der Waals surface area contributed by atoms with E-state index in [1.807, 2.05) is 30.3 Å². The number of para-hydroxylation sites is 1. The Bertz CT molecular complexity index is 2210. The molecule has 0 aliphatic rings. The summed E-state index contributed by atoms with van der Waals surface area (Å²) in [5, 5.41) is 0.567. The highest BCUT2D eigenvalue weighted by Crippen LogP contribution is 2.36. The van der Waals surface area contributed by atoms with E-state index in [2.05, 4.69) is 19.5 Å². The molecule has 6 rings (SSSR count). The molecule has 0 unspecified atom stereocenters. The Morgan fingerprint density at radius 3 is 2.43 bits per heavy atom. The van der Waals surface area contributed by atoms with Gasteiger partial charge in [-0.25, -0.2) is 18.9 Å². The highest BCUT2D eigenvalue weighted by molar-refractivity contribution is 7.46. The fraction of sp³-hybridized carbons (Fsp3) is 0.0741. The molecule has 0 fully saturated rings. The Morgan fingerprint density at radius 2 is 1.67 bits per heavy atom. The predicted octanol–water partition coefficient (Wildman–Crippen LogP) is 4.40. The van der Waals surface area contributed by atoms with E-state index in [0.717, 1.165) is 33.8 Å². The molecule has 0 atom stereocenters. The number of alkyl halides is 3. The second kappa shape index (κ2) is 9.96. The van der Waals surface area contributed by atoms with Gasteiger partial charge in [-0.3, -0.25) is 23.9 Å². The van der Waals surface area contributed by atoms with Gasteiger partial charge in [-0.2, -0.15) is 13.2 Å². The van der Waals surface area contributed by atoms with Crippen LogP contribution in [0.1, 0.15) is 5.56 Å². The topological polar surface area (TPSA) is 149 Å². The molecule has 42 heavy (non-hydrogen) atoms. The lowest BCUT2D eigenvalue weighted by Crippen LogP contribution is -2.40. The van der Waals surface area contributed by atoms with E-state index in [-0.39, 0.29) is 27.6 Å². The molecule has 4 heterocycles. The van der Waals surface area contributed by atoms with Gasteiger partial charge in [0.05, 0.1) is 38.9 Å². The summed E-state index contributed by atoms with van der Waals surface area (Å²) in [5.74, 6) is 0. The quantitative estimate of drug-likeness (QED) is 0.219. The Morgan fingerprint density at radius 1 is 0.905 bits per heavy atom. The third-order valence-corrected chi connectivity index (χ3v) is 6.93. The largest absolute Gasteiger partial charge is 0.471 e. The third-order valence-electron chi connectivity index (χ3n) is 6.48. The SMILES string of the molecule is O=c1c2cnc3ccc(-c4cnc5ccccc5c4)nc3c2n(-c2cccc(C(F)(F)F)c2)c(=O)n1COP(=O)(O)O. The minimum Gasteiger partial charge on any atom is -0.303 e. The number of benzene rings is 2. The number of hydrogen-bond donors (Lipinski definition) is 2. The maximum absolute atomic E-state index is 13.7. The molecule has 4 aromatic heterocycles. The first-order valence-corrected chi connectivity index (χ1v) is 13.6. The lowest BCUT2D eigenvalue weighted by molar-refractivity contribution is -0.137. The Hall–Kier alpha value is -4.75. The number of rotatable bonds is 5. The van der Waals surface area contributed by atoms with Crippen LogP contribution in [0.2, 0.25) is 0 Å². The van der Waals surface area contributed by atoms with Crippen molar-refractivity contribution in [2.75, 3.05) is 0 Å². The zero-order valence-electron chi connectivity index (χ0n) is 21.1. The van der Waals surface area contributed by atoms with Gasteiger partial charge >= 0.3 is 19.7 Å². The maximum Gasteiger partial charge on any atom is 0.471 e. The summed E-state index contributed by atoms with van der Waals surface area (Å²) >= 11 is 0. The zero-order valence-corrected chi connectivity index (χ0v) is 22.0. The van der Waals surface area contributed by atoms with Gasteiger partial charge < -0.3 is 9.79 Å². The van der Waals surface area contributed by atoms with Gasteiger partial charge in [0.25, 0.3) is 5.56 Å². The van der Waals surface area contributed by atoms with Gasteiger partial charge in [0.15, 0.2) is 0 Å². The fourth-order valence-corrected chi connectivity index (χ4v) is 4.83. The van der Waals surface area contributed by atoms with Crippen LogP contribution in [-0.2, 0) is 22.0 Å². The van der Waals surface area contributed by atoms with Crippen LogP contribution < -0.4 is 11.2 Å². The number of nitrogens with zero attached hydrogens (tertiary/aromatic N) is 5. The van der Waals surface area contributed by atoms with Crippen LogP contribution in [0.25, 0.3) is 49.8 Å². The number of phosphoric ester groups is 1. The van der Waals surface area contributed by atoms with Crippen LogP contribution in [0.5, 0.6) is 0 Å². The molecule has 0 amide bonds. The molecule has 0 saturated carbocycles. The van der Waals surface area contributed by atoms with Gasteiger partial charge in [0.2, 0.25) is 0 Å². The van der Waals surface area contributed by atoms with Crippen molar-refractivity contribution < 1.29 is 32.0 Å².